The van der Waals surface area contributed by atoms with Crippen molar-refractivity contribution in [1.29, 1.82) is 5.26 Å². The van der Waals surface area contributed by atoms with Crippen molar-refractivity contribution in [3.05, 3.63) is 46.8 Å². The number of amides is 1. The average molecular weight is 473 g/mol. The van der Waals surface area contributed by atoms with Crippen LogP contribution >= 0.6 is 11.3 Å². The van der Waals surface area contributed by atoms with Crippen LogP contribution in [0.1, 0.15) is 17.5 Å². The van der Waals surface area contributed by atoms with E-state index in [9.17, 15) is 26.4 Å². The second kappa shape index (κ2) is 9.35. The van der Waals surface area contributed by atoms with Gasteiger partial charge in [-0.15, -0.1) is 11.3 Å². The monoisotopic (exact) mass is 472 g/mol. The molecule has 0 bridgehead atoms. The summed E-state index contributed by atoms with van der Waals surface area (Å²) in [7, 11) is -3.89. The molecule has 3 rings (SSSR count). The van der Waals surface area contributed by atoms with Gasteiger partial charge in [-0.3, -0.25) is 4.79 Å². The van der Waals surface area contributed by atoms with Crippen molar-refractivity contribution in [3.8, 4) is 6.07 Å². The van der Waals surface area contributed by atoms with Gasteiger partial charge in [-0.1, -0.05) is 0 Å². The van der Waals surface area contributed by atoms with Crippen LogP contribution in [-0.4, -0.2) is 56.3 Å². The lowest BCUT2D eigenvalue weighted by molar-refractivity contribution is -0.137. The van der Waals surface area contributed by atoms with E-state index in [-0.39, 0.29) is 30.3 Å². The lowest BCUT2D eigenvalue weighted by Gasteiger charge is -2.33. The molecule has 1 aromatic heterocycles. The van der Waals surface area contributed by atoms with Crippen LogP contribution in [-0.2, 0) is 21.0 Å². The summed E-state index contributed by atoms with van der Waals surface area (Å²) < 4.78 is 64.7. The van der Waals surface area contributed by atoms with Crippen LogP contribution in [0, 0.1) is 11.3 Å². The number of sulfonamides is 1. The minimum Gasteiger partial charge on any atom is -0.317 e. The van der Waals surface area contributed by atoms with Gasteiger partial charge in [0.15, 0.2) is 0 Å². The molecule has 166 valence electrons. The van der Waals surface area contributed by atoms with Crippen molar-refractivity contribution in [1.82, 2.24) is 9.21 Å². The number of piperazine rings is 1. The Balaban J connectivity index is 1.50. The molecular weight excluding hydrogens is 453 g/mol. The van der Waals surface area contributed by atoms with Crippen LogP contribution in [0.4, 0.5) is 18.2 Å². The number of carbonyl (C=O) groups is 1. The molecule has 12 heteroatoms. The molecule has 0 saturated carbocycles. The number of anilines is 1. The van der Waals surface area contributed by atoms with E-state index in [1.165, 1.54) is 15.6 Å². The number of hydrogen-bond acceptors (Lipinski definition) is 6. The Labute approximate surface area is 181 Å². The highest BCUT2D eigenvalue weighted by Gasteiger charge is 2.32. The van der Waals surface area contributed by atoms with Crippen molar-refractivity contribution in [3.63, 3.8) is 0 Å². The van der Waals surface area contributed by atoms with Crippen LogP contribution < -0.4 is 5.32 Å². The Morgan fingerprint density at radius 1 is 1.13 bits per heavy atom. The summed E-state index contributed by atoms with van der Waals surface area (Å²) >= 11 is 1.26. The summed E-state index contributed by atoms with van der Waals surface area (Å²) in [6.45, 7) is 1.57. The number of nitrogens with one attached hydrogen (secondary N) is 1. The topological polar surface area (TPSA) is 93.5 Å². The zero-order valence-corrected chi connectivity index (χ0v) is 17.9. The number of alkyl halides is 3. The molecule has 0 aliphatic carbocycles. The molecule has 1 aliphatic heterocycles. The van der Waals surface area contributed by atoms with Crippen LogP contribution in [0.2, 0.25) is 0 Å². The van der Waals surface area contributed by atoms with Gasteiger partial charge in [0.2, 0.25) is 15.9 Å². The lowest BCUT2D eigenvalue weighted by atomic mass is 10.2. The number of benzene rings is 1. The van der Waals surface area contributed by atoms with Gasteiger partial charge in [0.1, 0.15) is 11.1 Å². The van der Waals surface area contributed by atoms with E-state index in [0.717, 1.165) is 24.3 Å². The van der Waals surface area contributed by atoms with Gasteiger partial charge in [-0.05, 0) is 35.7 Å². The normalized spacial score (nSPS) is 16.1. The molecule has 0 radical (unpaired) electrons. The van der Waals surface area contributed by atoms with Gasteiger partial charge >= 0.3 is 6.18 Å². The van der Waals surface area contributed by atoms with E-state index in [1.54, 1.807) is 11.4 Å². The molecule has 7 nitrogen and oxygen atoms in total. The first-order valence-corrected chi connectivity index (χ1v) is 11.6. The van der Waals surface area contributed by atoms with Crippen molar-refractivity contribution < 1.29 is 26.4 Å². The van der Waals surface area contributed by atoms with Crippen molar-refractivity contribution >= 4 is 32.3 Å². The number of nitrogens with zero attached hydrogens (tertiary/aromatic N) is 3. The first-order valence-electron chi connectivity index (χ1n) is 9.28. The summed E-state index contributed by atoms with van der Waals surface area (Å²) in [5.74, 6) is -0.237. The predicted octanol–water partition coefficient (Wildman–Crippen LogP) is 2.97. The number of rotatable bonds is 6. The zero-order valence-electron chi connectivity index (χ0n) is 16.2. The van der Waals surface area contributed by atoms with E-state index in [4.69, 9.17) is 5.26 Å². The SMILES string of the molecule is N#Cc1ccsc1NC(=O)CCN1CCN(S(=O)(=O)c2ccc(C(F)(F)F)cc2)CC1. The Kier molecular flexibility index (Phi) is 7.00. The maximum Gasteiger partial charge on any atom is 0.416 e. The van der Waals surface area contributed by atoms with Crippen molar-refractivity contribution in [2.75, 3.05) is 38.0 Å². The summed E-state index contributed by atoms with van der Waals surface area (Å²) in [6, 6.07) is 7.07. The molecule has 0 atom stereocenters. The van der Waals surface area contributed by atoms with E-state index >= 15 is 0 Å². The Morgan fingerprint density at radius 3 is 2.35 bits per heavy atom. The van der Waals surface area contributed by atoms with E-state index in [0.29, 0.717) is 30.2 Å². The molecule has 0 spiro atoms. The molecule has 1 amide bonds. The average Bonchev–Trinajstić information content (AvgIpc) is 3.19. The highest BCUT2D eigenvalue weighted by atomic mass is 32.2. The van der Waals surface area contributed by atoms with Gasteiger partial charge in [0.05, 0.1) is 16.0 Å². The molecule has 0 unspecified atom stereocenters. The lowest BCUT2D eigenvalue weighted by Crippen LogP contribution is -2.49. The minimum absolute atomic E-state index is 0.175. The predicted molar refractivity (Wildman–Crippen MR) is 109 cm³/mol. The Bertz CT molecular complexity index is 1070. The first kappa shape index (κ1) is 23.2. The molecule has 1 aliphatic rings. The number of carbonyl (C=O) groups excluding carboxylic acids is 1. The summed E-state index contributed by atoms with van der Waals surface area (Å²) in [5, 5.41) is 13.9. The number of halogens is 3. The third-order valence-corrected chi connectivity index (χ3v) is 7.59. The Morgan fingerprint density at radius 2 is 1.77 bits per heavy atom. The molecule has 31 heavy (non-hydrogen) atoms. The van der Waals surface area contributed by atoms with Gasteiger partial charge in [-0.25, -0.2) is 8.42 Å². The molecule has 1 saturated heterocycles. The van der Waals surface area contributed by atoms with Crippen LogP contribution in [0.5, 0.6) is 0 Å². The third kappa shape index (κ3) is 5.62. The van der Waals surface area contributed by atoms with Gasteiger partial charge in [-0.2, -0.15) is 22.7 Å². The second-order valence-electron chi connectivity index (χ2n) is 6.84. The van der Waals surface area contributed by atoms with Crippen LogP contribution in [0.25, 0.3) is 0 Å². The standard InChI is InChI=1S/C19H19F3N4O3S2/c20-19(21,22)15-1-3-16(4-2-15)31(28,29)26-10-8-25(9-11-26)7-5-17(27)24-18-14(13-23)6-12-30-18/h1-4,6,12H,5,7-11H2,(H,24,27). The van der Waals surface area contributed by atoms with Gasteiger partial charge < -0.3 is 10.2 Å². The highest BCUT2D eigenvalue weighted by molar-refractivity contribution is 7.89. The summed E-state index contributed by atoms with van der Waals surface area (Å²) in [5.41, 5.74) is -0.501. The van der Waals surface area contributed by atoms with Gasteiger partial charge in [0.25, 0.3) is 0 Å². The fourth-order valence-corrected chi connectivity index (χ4v) is 5.28. The Hall–Kier alpha value is -2.46. The molecule has 2 heterocycles. The zero-order chi connectivity index (χ0) is 22.6. The fourth-order valence-electron chi connectivity index (χ4n) is 3.10. The second-order valence-corrected chi connectivity index (χ2v) is 9.70. The molecule has 1 fully saturated rings. The highest BCUT2D eigenvalue weighted by Crippen LogP contribution is 2.30. The smallest absolute Gasteiger partial charge is 0.317 e. The maximum atomic E-state index is 12.7. The van der Waals surface area contributed by atoms with Crippen LogP contribution in [0.3, 0.4) is 0 Å². The molecule has 1 aromatic carbocycles. The summed E-state index contributed by atoms with van der Waals surface area (Å²) in [6.07, 6.45) is -4.34. The molecule has 2 aromatic rings. The van der Waals surface area contributed by atoms with Gasteiger partial charge in [0, 0.05) is 39.1 Å². The minimum atomic E-state index is -4.53. The van der Waals surface area contributed by atoms with E-state index in [1.807, 2.05) is 11.0 Å². The van der Waals surface area contributed by atoms with E-state index < -0.39 is 21.8 Å². The fraction of sp³-hybridized carbons (Fsp3) is 0.368. The number of thiophene rings is 1. The first-order chi connectivity index (χ1) is 14.6. The molecular formula is C19H19F3N4O3S2. The van der Waals surface area contributed by atoms with Crippen molar-refractivity contribution in [2.24, 2.45) is 0 Å². The maximum absolute atomic E-state index is 12.7. The number of hydrogen-bond donors (Lipinski definition) is 1. The third-order valence-electron chi connectivity index (χ3n) is 4.84. The largest absolute Gasteiger partial charge is 0.416 e. The van der Waals surface area contributed by atoms with Crippen LogP contribution in [0.15, 0.2) is 40.6 Å². The quantitative estimate of drug-likeness (QED) is 0.698. The summed E-state index contributed by atoms with van der Waals surface area (Å²) in [4.78, 5) is 13.9. The van der Waals surface area contributed by atoms with Crippen molar-refractivity contribution in [2.45, 2.75) is 17.5 Å². The molecule has 1 N–H and O–H groups in total. The van der Waals surface area contributed by atoms with E-state index in [2.05, 4.69) is 5.32 Å². The number of nitriles is 1.